The van der Waals surface area contributed by atoms with Crippen LogP contribution in [0.3, 0.4) is 0 Å². The van der Waals surface area contributed by atoms with Crippen LogP contribution in [0.15, 0.2) is 36.4 Å². The molecule has 0 aliphatic carbocycles. The molecule has 1 N–H and O–H groups in total. The van der Waals surface area contributed by atoms with Crippen LogP contribution in [0.5, 0.6) is 11.5 Å². The van der Waals surface area contributed by atoms with Crippen molar-refractivity contribution in [2.24, 2.45) is 0 Å². The van der Waals surface area contributed by atoms with Crippen LogP contribution >= 0.6 is 8.60 Å². The minimum Gasteiger partial charge on any atom is -0.418 e. The summed E-state index contributed by atoms with van der Waals surface area (Å²) in [6.45, 7) is 9.02. The monoisotopic (exact) mass is 570 g/mol. The highest BCUT2D eigenvalue weighted by molar-refractivity contribution is 7.41. The third kappa shape index (κ3) is 14.4. The molecule has 226 valence electrons. The maximum Gasteiger partial charge on any atom is 0.460 e. The van der Waals surface area contributed by atoms with E-state index < -0.39 is 8.60 Å². The van der Waals surface area contributed by atoms with Crippen molar-refractivity contribution in [3.05, 3.63) is 58.7 Å². The van der Waals surface area contributed by atoms with Crippen LogP contribution in [0, 0.1) is 0 Å². The van der Waals surface area contributed by atoms with Gasteiger partial charge in [-0.3, -0.25) is 0 Å². The first-order chi connectivity index (χ1) is 19.6. The summed E-state index contributed by atoms with van der Waals surface area (Å²) in [5, 5.41) is 0. The zero-order valence-corrected chi connectivity index (χ0v) is 27.2. The summed E-state index contributed by atoms with van der Waals surface area (Å²) in [6, 6.07) is 12.7. The third-order valence-electron chi connectivity index (χ3n) is 7.92. The minimum atomic E-state index is -2.04. The lowest BCUT2D eigenvalue weighted by molar-refractivity contribution is 0.381. The smallest absolute Gasteiger partial charge is 0.418 e. The highest BCUT2D eigenvalue weighted by Gasteiger charge is 2.15. The van der Waals surface area contributed by atoms with Gasteiger partial charge in [-0.15, -0.1) is 0 Å². The Morgan fingerprint density at radius 1 is 0.450 bits per heavy atom. The molecule has 0 fully saturated rings. The number of hydrogen-bond acceptors (Lipinski definition) is 3. The number of benzene rings is 2. The lowest BCUT2D eigenvalue weighted by Gasteiger charge is -2.17. The van der Waals surface area contributed by atoms with E-state index in [0.29, 0.717) is 11.5 Å². The Balaban J connectivity index is 1.97. The summed E-state index contributed by atoms with van der Waals surface area (Å²) in [5.74, 6) is 1.41. The van der Waals surface area contributed by atoms with Crippen molar-refractivity contribution < 1.29 is 13.9 Å². The van der Waals surface area contributed by atoms with Crippen LogP contribution in [0.4, 0.5) is 0 Å². The van der Waals surface area contributed by atoms with Gasteiger partial charge < -0.3 is 13.9 Å². The van der Waals surface area contributed by atoms with E-state index in [1.807, 2.05) is 12.1 Å². The minimum absolute atomic E-state index is 0.706. The van der Waals surface area contributed by atoms with Crippen LogP contribution in [0.1, 0.15) is 153 Å². The zero-order chi connectivity index (χ0) is 28.8. The van der Waals surface area contributed by atoms with E-state index in [1.54, 1.807) is 0 Å². The molecule has 2 aromatic rings. The van der Waals surface area contributed by atoms with Crippen LogP contribution < -0.4 is 9.05 Å². The van der Waals surface area contributed by atoms with E-state index in [4.69, 9.17) is 9.05 Å². The second-order valence-corrected chi connectivity index (χ2v) is 12.4. The summed E-state index contributed by atoms with van der Waals surface area (Å²) in [4.78, 5) is 10.7. The first-order valence-corrected chi connectivity index (χ1v) is 17.8. The van der Waals surface area contributed by atoms with Gasteiger partial charge in [0, 0.05) is 0 Å². The Kier molecular flexibility index (Phi) is 19.1. The third-order valence-corrected chi connectivity index (χ3v) is 8.66. The van der Waals surface area contributed by atoms with Gasteiger partial charge in [-0.05, 0) is 97.9 Å². The number of aryl methyl sites for hydroxylation is 4. The van der Waals surface area contributed by atoms with Crippen molar-refractivity contribution in [3.63, 3.8) is 0 Å². The predicted molar refractivity (Wildman–Crippen MR) is 175 cm³/mol. The molecular formula is C36H59O3P. The maximum absolute atomic E-state index is 10.7. The van der Waals surface area contributed by atoms with Gasteiger partial charge in [-0.2, -0.15) is 0 Å². The zero-order valence-electron chi connectivity index (χ0n) is 26.3. The van der Waals surface area contributed by atoms with Crippen LogP contribution in [0.2, 0.25) is 0 Å². The van der Waals surface area contributed by atoms with Crippen molar-refractivity contribution in [1.82, 2.24) is 0 Å². The molecule has 2 aromatic carbocycles. The topological polar surface area (TPSA) is 38.7 Å². The van der Waals surface area contributed by atoms with Gasteiger partial charge in [0.05, 0.1) is 0 Å². The molecule has 0 spiro atoms. The Morgan fingerprint density at radius 2 is 0.800 bits per heavy atom. The van der Waals surface area contributed by atoms with Gasteiger partial charge in [0.15, 0.2) is 0 Å². The van der Waals surface area contributed by atoms with Crippen LogP contribution in [-0.2, 0) is 25.7 Å². The molecule has 0 aliphatic heterocycles. The summed E-state index contributed by atoms with van der Waals surface area (Å²) < 4.78 is 11.8. The van der Waals surface area contributed by atoms with Gasteiger partial charge >= 0.3 is 8.60 Å². The van der Waals surface area contributed by atoms with Gasteiger partial charge in [0.1, 0.15) is 11.5 Å². The lowest BCUT2D eigenvalue weighted by atomic mass is 9.97. The molecule has 0 unspecified atom stereocenters. The van der Waals surface area contributed by atoms with Crippen molar-refractivity contribution >= 4 is 8.60 Å². The summed E-state index contributed by atoms with van der Waals surface area (Å²) in [6.07, 6.45) is 24.8. The van der Waals surface area contributed by atoms with E-state index in [9.17, 15) is 4.89 Å². The predicted octanol–water partition coefficient (Wildman–Crippen LogP) is 11.9. The Labute approximate surface area is 248 Å². The van der Waals surface area contributed by atoms with Gasteiger partial charge in [0.25, 0.3) is 0 Å². The molecule has 2 rings (SSSR count). The van der Waals surface area contributed by atoms with E-state index in [2.05, 4.69) is 52.0 Å². The van der Waals surface area contributed by atoms with E-state index in [1.165, 1.54) is 125 Å². The van der Waals surface area contributed by atoms with Crippen molar-refractivity contribution in [3.8, 4) is 11.5 Å². The first kappa shape index (κ1) is 34.6. The molecule has 0 saturated heterocycles. The van der Waals surface area contributed by atoms with E-state index >= 15 is 0 Å². The Bertz CT molecular complexity index is 839. The summed E-state index contributed by atoms with van der Waals surface area (Å²) >= 11 is 0. The second-order valence-electron chi connectivity index (χ2n) is 11.5. The summed E-state index contributed by atoms with van der Waals surface area (Å²) in [7, 11) is -2.04. The number of unbranched alkanes of at least 4 members (excludes halogenated alkanes) is 12. The standard InChI is InChI=1S/C36H59O3P/c1-5-9-13-15-17-19-23-31-25-27-35(29-33(31)21-11-7-3)38-40(37)39-36-28-26-32(34(30-36)22-12-8-4)24-20-18-16-14-10-6-2/h25-30,37H,5-24H2,1-4H3. The van der Waals surface area contributed by atoms with Crippen molar-refractivity contribution in [2.75, 3.05) is 0 Å². The molecule has 0 amide bonds. The highest BCUT2D eigenvalue weighted by atomic mass is 31.2. The van der Waals surface area contributed by atoms with Gasteiger partial charge in [-0.25, -0.2) is 0 Å². The fourth-order valence-electron chi connectivity index (χ4n) is 5.40. The molecule has 4 heteroatoms. The Morgan fingerprint density at radius 3 is 1.20 bits per heavy atom. The SMILES string of the molecule is CCCCCCCCc1ccc(OP(O)Oc2ccc(CCCCCCCC)c(CCCC)c2)cc1CCCC. The molecular weight excluding hydrogens is 511 g/mol. The fourth-order valence-corrected chi connectivity index (χ4v) is 6.02. The average Bonchev–Trinajstić information content (AvgIpc) is 2.96. The molecule has 0 aliphatic rings. The van der Waals surface area contributed by atoms with Crippen molar-refractivity contribution in [2.45, 2.75) is 156 Å². The molecule has 3 nitrogen and oxygen atoms in total. The quantitative estimate of drug-likeness (QED) is 0.101. The number of rotatable bonds is 24. The molecule has 0 bridgehead atoms. The molecule has 0 heterocycles. The molecule has 0 atom stereocenters. The normalized spacial score (nSPS) is 11.3. The molecule has 0 aromatic heterocycles. The highest BCUT2D eigenvalue weighted by Crippen LogP contribution is 2.38. The first-order valence-electron chi connectivity index (χ1n) is 16.7. The van der Waals surface area contributed by atoms with Crippen LogP contribution in [-0.4, -0.2) is 4.89 Å². The maximum atomic E-state index is 10.7. The fraction of sp³-hybridized carbons (Fsp3) is 0.667. The van der Waals surface area contributed by atoms with Gasteiger partial charge in [0.2, 0.25) is 0 Å². The van der Waals surface area contributed by atoms with E-state index in [-0.39, 0.29) is 0 Å². The average molecular weight is 571 g/mol. The number of hydrogen-bond donors (Lipinski definition) is 1. The van der Waals surface area contributed by atoms with Gasteiger partial charge in [-0.1, -0.05) is 117 Å². The molecule has 40 heavy (non-hydrogen) atoms. The molecule has 0 radical (unpaired) electrons. The lowest BCUT2D eigenvalue weighted by Crippen LogP contribution is -2.00. The van der Waals surface area contributed by atoms with E-state index in [0.717, 1.165) is 25.7 Å². The second kappa shape index (κ2) is 22.1. The van der Waals surface area contributed by atoms with Crippen molar-refractivity contribution in [1.29, 1.82) is 0 Å². The summed E-state index contributed by atoms with van der Waals surface area (Å²) in [5.41, 5.74) is 5.58. The van der Waals surface area contributed by atoms with Crippen LogP contribution in [0.25, 0.3) is 0 Å². The molecule has 0 saturated carbocycles. The Hall–Kier alpha value is -1.57. The largest absolute Gasteiger partial charge is 0.460 e.